The van der Waals surface area contributed by atoms with E-state index in [0.717, 1.165) is 10.0 Å². The van der Waals surface area contributed by atoms with E-state index in [9.17, 15) is 8.42 Å². The zero-order valence-corrected chi connectivity index (χ0v) is 15.6. The number of nitrogens with zero attached hydrogens (tertiary/aromatic N) is 2. The maximum Gasteiger partial charge on any atom is 0.276 e. The van der Waals surface area contributed by atoms with E-state index in [-0.39, 0.29) is 5.75 Å². The molecule has 0 N–H and O–H groups in total. The molecule has 24 heavy (non-hydrogen) atoms. The smallest absolute Gasteiger partial charge is 0.276 e. The predicted octanol–water partition coefficient (Wildman–Crippen LogP) is 4.07. The van der Waals surface area contributed by atoms with Crippen molar-refractivity contribution in [3.63, 3.8) is 0 Å². The first-order valence-corrected chi connectivity index (χ1v) is 10.5. The molecule has 0 bridgehead atoms. The minimum absolute atomic E-state index is 0.00233. The van der Waals surface area contributed by atoms with Crippen LogP contribution in [0.3, 0.4) is 0 Å². The second-order valence-corrected chi connectivity index (χ2v) is 8.93. The van der Waals surface area contributed by atoms with Crippen LogP contribution in [0.1, 0.15) is 0 Å². The van der Waals surface area contributed by atoms with Crippen molar-refractivity contribution in [3.8, 4) is 11.5 Å². The summed E-state index contributed by atoms with van der Waals surface area (Å²) in [6.45, 7) is 0. The largest absolute Gasteiger partial charge is 0.411 e. The van der Waals surface area contributed by atoms with Gasteiger partial charge in [-0.25, -0.2) is 8.42 Å². The first kappa shape index (κ1) is 17.2. The maximum absolute atomic E-state index is 12.3. The molecule has 0 amide bonds. The van der Waals surface area contributed by atoms with Crippen molar-refractivity contribution in [3.05, 3.63) is 59.1 Å². The van der Waals surface area contributed by atoms with Crippen molar-refractivity contribution >= 4 is 37.5 Å². The second kappa shape index (κ2) is 7.50. The molecular weight excluding hydrogens is 412 g/mol. The monoisotopic (exact) mass is 424 g/mol. The van der Waals surface area contributed by atoms with Gasteiger partial charge in [0, 0.05) is 15.8 Å². The highest BCUT2D eigenvalue weighted by molar-refractivity contribution is 9.10. The van der Waals surface area contributed by atoms with E-state index in [1.807, 2.05) is 30.3 Å². The normalized spacial score (nSPS) is 11.5. The van der Waals surface area contributed by atoms with Crippen molar-refractivity contribution in [2.75, 3.05) is 11.5 Å². The summed E-state index contributed by atoms with van der Waals surface area (Å²) in [6, 6.07) is 16.0. The standard InChI is InChI=1S/C16H13BrN2O3S2/c17-13-6-8-14(9-7-13)24(20,21)11-10-23-16-19-18-15(22-16)12-4-2-1-3-5-12/h1-9H,10-11H2. The zero-order chi connectivity index (χ0) is 17.0. The molecule has 8 heteroatoms. The summed E-state index contributed by atoms with van der Waals surface area (Å²) >= 11 is 4.52. The molecule has 5 nitrogen and oxygen atoms in total. The Labute approximate surface area is 152 Å². The van der Waals surface area contributed by atoms with E-state index in [1.165, 1.54) is 11.8 Å². The number of benzene rings is 2. The van der Waals surface area contributed by atoms with Gasteiger partial charge in [-0.05, 0) is 36.4 Å². The van der Waals surface area contributed by atoms with Gasteiger partial charge < -0.3 is 4.42 Å². The Morgan fingerprint density at radius 2 is 1.71 bits per heavy atom. The van der Waals surface area contributed by atoms with Gasteiger partial charge in [0.05, 0.1) is 10.6 Å². The predicted molar refractivity (Wildman–Crippen MR) is 96.7 cm³/mol. The fourth-order valence-electron chi connectivity index (χ4n) is 1.96. The molecule has 0 unspecified atom stereocenters. The summed E-state index contributed by atoms with van der Waals surface area (Å²) in [4.78, 5) is 0.307. The Hall–Kier alpha value is -1.64. The molecule has 124 valence electrons. The number of hydrogen-bond acceptors (Lipinski definition) is 6. The molecule has 0 aliphatic carbocycles. The average Bonchev–Trinajstić information content (AvgIpc) is 3.05. The van der Waals surface area contributed by atoms with Gasteiger partial charge in [-0.1, -0.05) is 45.9 Å². The lowest BCUT2D eigenvalue weighted by Gasteiger charge is -2.03. The Balaban J connectivity index is 1.60. The van der Waals surface area contributed by atoms with Gasteiger partial charge in [0.1, 0.15) is 0 Å². The van der Waals surface area contributed by atoms with Gasteiger partial charge in [0.15, 0.2) is 9.84 Å². The third kappa shape index (κ3) is 4.25. The fourth-order valence-corrected chi connectivity index (χ4v) is 4.64. The lowest BCUT2D eigenvalue weighted by Crippen LogP contribution is -2.08. The summed E-state index contributed by atoms with van der Waals surface area (Å²) in [5.74, 6) is 0.769. The van der Waals surface area contributed by atoms with Crippen LogP contribution >= 0.6 is 27.7 Å². The lowest BCUT2D eigenvalue weighted by molar-refractivity contribution is 0.466. The Morgan fingerprint density at radius 3 is 2.42 bits per heavy atom. The van der Waals surface area contributed by atoms with Crippen molar-refractivity contribution in [1.82, 2.24) is 10.2 Å². The van der Waals surface area contributed by atoms with Gasteiger partial charge in [0.25, 0.3) is 5.22 Å². The Bertz CT molecular complexity index is 910. The zero-order valence-electron chi connectivity index (χ0n) is 12.4. The Morgan fingerprint density at radius 1 is 1.00 bits per heavy atom. The van der Waals surface area contributed by atoms with Crippen LogP contribution in [0, 0.1) is 0 Å². The molecule has 0 fully saturated rings. The molecule has 0 aliphatic heterocycles. The van der Waals surface area contributed by atoms with Crippen molar-refractivity contribution < 1.29 is 12.8 Å². The summed E-state index contributed by atoms with van der Waals surface area (Å²) in [5, 5.41) is 8.28. The van der Waals surface area contributed by atoms with Crippen LogP contribution in [0.15, 0.2) is 73.6 Å². The highest BCUT2D eigenvalue weighted by atomic mass is 79.9. The number of aromatic nitrogens is 2. The molecular formula is C16H13BrN2O3S2. The topological polar surface area (TPSA) is 73.1 Å². The highest BCUT2D eigenvalue weighted by Gasteiger charge is 2.15. The van der Waals surface area contributed by atoms with Crippen molar-refractivity contribution in [2.45, 2.75) is 10.1 Å². The first-order valence-electron chi connectivity index (χ1n) is 7.05. The van der Waals surface area contributed by atoms with E-state index in [0.29, 0.717) is 21.8 Å². The molecule has 0 atom stereocenters. The lowest BCUT2D eigenvalue weighted by atomic mass is 10.2. The third-order valence-corrected chi connectivity index (χ3v) is 6.52. The molecule has 1 aromatic heterocycles. The van der Waals surface area contributed by atoms with Crippen LogP contribution in [-0.4, -0.2) is 30.1 Å². The van der Waals surface area contributed by atoms with E-state index in [2.05, 4.69) is 26.1 Å². The number of halogens is 1. The molecule has 0 aliphatic rings. The molecule has 0 radical (unpaired) electrons. The van der Waals surface area contributed by atoms with Crippen LogP contribution in [0.25, 0.3) is 11.5 Å². The quantitative estimate of drug-likeness (QED) is 0.555. The fraction of sp³-hybridized carbons (Fsp3) is 0.125. The second-order valence-electron chi connectivity index (χ2n) is 4.86. The van der Waals surface area contributed by atoms with E-state index < -0.39 is 9.84 Å². The minimum Gasteiger partial charge on any atom is -0.411 e. The molecule has 1 heterocycles. The minimum atomic E-state index is -3.32. The van der Waals surface area contributed by atoms with Gasteiger partial charge in [-0.3, -0.25) is 0 Å². The number of thioether (sulfide) groups is 1. The first-order chi connectivity index (χ1) is 11.5. The van der Waals surface area contributed by atoms with Crippen LogP contribution < -0.4 is 0 Å². The van der Waals surface area contributed by atoms with E-state index in [4.69, 9.17) is 4.42 Å². The summed E-state index contributed by atoms with van der Waals surface area (Å²) in [5.41, 5.74) is 0.833. The summed E-state index contributed by atoms with van der Waals surface area (Å²) < 4.78 is 30.9. The van der Waals surface area contributed by atoms with E-state index in [1.54, 1.807) is 24.3 Å². The maximum atomic E-state index is 12.3. The molecule has 0 saturated carbocycles. The average molecular weight is 425 g/mol. The van der Waals surface area contributed by atoms with E-state index >= 15 is 0 Å². The summed E-state index contributed by atoms with van der Waals surface area (Å²) in [7, 11) is -3.32. The third-order valence-electron chi connectivity index (χ3n) is 3.18. The summed E-state index contributed by atoms with van der Waals surface area (Å²) in [6.07, 6.45) is 0. The molecule has 3 rings (SSSR count). The van der Waals surface area contributed by atoms with Crippen LogP contribution in [-0.2, 0) is 9.84 Å². The SMILES string of the molecule is O=S(=O)(CCSc1nnc(-c2ccccc2)o1)c1ccc(Br)cc1. The number of hydrogen-bond donors (Lipinski definition) is 0. The van der Waals surface area contributed by atoms with Crippen molar-refractivity contribution in [2.24, 2.45) is 0 Å². The van der Waals surface area contributed by atoms with Crippen molar-refractivity contribution in [1.29, 1.82) is 0 Å². The van der Waals surface area contributed by atoms with Crippen LogP contribution in [0.5, 0.6) is 0 Å². The highest BCUT2D eigenvalue weighted by Crippen LogP contribution is 2.24. The molecule has 0 spiro atoms. The number of rotatable bonds is 6. The molecule has 0 saturated heterocycles. The molecule has 2 aromatic carbocycles. The van der Waals surface area contributed by atoms with Gasteiger partial charge in [-0.2, -0.15) is 0 Å². The number of sulfone groups is 1. The van der Waals surface area contributed by atoms with Crippen LogP contribution in [0.2, 0.25) is 0 Å². The molecule has 3 aromatic rings. The Kier molecular flexibility index (Phi) is 5.37. The van der Waals surface area contributed by atoms with Gasteiger partial charge in [0.2, 0.25) is 5.89 Å². The van der Waals surface area contributed by atoms with Crippen LogP contribution in [0.4, 0.5) is 0 Å². The van der Waals surface area contributed by atoms with Gasteiger partial charge >= 0.3 is 0 Å². The van der Waals surface area contributed by atoms with Gasteiger partial charge in [-0.15, -0.1) is 10.2 Å².